The summed E-state index contributed by atoms with van der Waals surface area (Å²) < 4.78 is 0. The highest BCUT2D eigenvalue weighted by molar-refractivity contribution is 5.75. The molecule has 4 saturated carbocycles. The van der Waals surface area contributed by atoms with Gasteiger partial charge in [0.25, 0.3) is 0 Å². The molecule has 28 heavy (non-hydrogen) atoms. The first kappa shape index (κ1) is 20.9. The zero-order valence-electron chi connectivity index (χ0n) is 19.0. The molecule has 4 rings (SSSR count). The maximum absolute atomic E-state index is 11.5. The molecule has 10 atom stereocenters. The summed E-state index contributed by atoms with van der Waals surface area (Å²) in [6, 6.07) is 0. The predicted molar refractivity (Wildman–Crippen MR) is 115 cm³/mol. The van der Waals surface area contributed by atoms with Crippen LogP contribution in [0, 0.1) is 52.3 Å². The molecule has 4 unspecified atom stereocenters. The highest BCUT2D eigenvalue weighted by atomic mass is 16.3. The van der Waals surface area contributed by atoms with E-state index in [1.807, 2.05) is 0 Å². The maximum atomic E-state index is 11.5. The number of hydrogen-bond acceptors (Lipinski definition) is 2. The van der Waals surface area contributed by atoms with Crippen LogP contribution in [0.4, 0.5) is 0 Å². The fraction of sp³-hybridized carbons (Fsp3) is 0.962. The zero-order valence-corrected chi connectivity index (χ0v) is 19.0. The van der Waals surface area contributed by atoms with Gasteiger partial charge in [-0.05, 0) is 111 Å². The molecule has 0 aromatic rings. The number of carbonyl (C=O) groups is 1. The van der Waals surface area contributed by atoms with Crippen LogP contribution in [0.2, 0.25) is 0 Å². The Labute approximate surface area is 173 Å². The van der Waals surface area contributed by atoms with Gasteiger partial charge in [-0.15, -0.1) is 0 Å². The summed E-state index contributed by atoms with van der Waals surface area (Å²) in [7, 11) is 0. The Morgan fingerprint density at radius 3 is 2.43 bits per heavy atom. The Kier molecular flexibility index (Phi) is 5.52. The van der Waals surface area contributed by atoms with Crippen LogP contribution >= 0.6 is 0 Å². The molecule has 0 spiro atoms. The lowest BCUT2D eigenvalue weighted by Crippen LogP contribution is -2.58. The van der Waals surface area contributed by atoms with E-state index in [1.165, 1.54) is 44.9 Å². The Bertz CT molecular complexity index is 599. The lowest BCUT2D eigenvalue weighted by molar-refractivity contribution is -0.168. The van der Waals surface area contributed by atoms with E-state index in [0.717, 1.165) is 42.9 Å². The second-order valence-electron chi connectivity index (χ2n) is 12.1. The van der Waals surface area contributed by atoms with Crippen LogP contribution < -0.4 is 0 Å². The number of Topliss-reactive ketones (excluding diaryl/α,β-unsaturated/α-hetero) is 1. The van der Waals surface area contributed by atoms with Crippen LogP contribution in [-0.2, 0) is 4.79 Å². The van der Waals surface area contributed by atoms with Gasteiger partial charge in [0.15, 0.2) is 0 Å². The molecule has 0 saturated heterocycles. The second-order valence-corrected chi connectivity index (χ2v) is 12.1. The number of hydrogen-bond donors (Lipinski definition) is 1. The molecule has 4 aliphatic rings. The van der Waals surface area contributed by atoms with Gasteiger partial charge >= 0.3 is 0 Å². The third kappa shape index (κ3) is 3.21. The van der Waals surface area contributed by atoms with Crippen LogP contribution in [0.5, 0.6) is 0 Å². The van der Waals surface area contributed by atoms with E-state index >= 15 is 0 Å². The molecule has 4 fully saturated rings. The Morgan fingerprint density at radius 2 is 1.71 bits per heavy atom. The van der Waals surface area contributed by atoms with E-state index in [-0.39, 0.29) is 6.10 Å². The van der Waals surface area contributed by atoms with Crippen molar-refractivity contribution in [3.05, 3.63) is 0 Å². The minimum atomic E-state index is -0.0794. The summed E-state index contributed by atoms with van der Waals surface area (Å²) in [6.07, 6.45) is 12.2. The molecular weight excluding hydrogens is 344 g/mol. The molecule has 2 heteroatoms. The number of aliphatic hydroxyl groups excluding tert-OH is 1. The van der Waals surface area contributed by atoms with E-state index in [9.17, 15) is 9.90 Å². The number of aliphatic hydroxyl groups is 1. The molecule has 0 bridgehead atoms. The zero-order chi connectivity index (χ0) is 20.3. The Morgan fingerprint density at radius 1 is 1.04 bits per heavy atom. The van der Waals surface area contributed by atoms with Gasteiger partial charge in [-0.25, -0.2) is 0 Å². The van der Waals surface area contributed by atoms with Crippen LogP contribution in [0.25, 0.3) is 0 Å². The fourth-order valence-electron chi connectivity index (χ4n) is 9.04. The van der Waals surface area contributed by atoms with Crippen LogP contribution in [0.1, 0.15) is 98.8 Å². The highest BCUT2D eigenvalue weighted by Crippen LogP contribution is 2.68. The SMILES string of the molecule is CC(=O)CC[C@@H](C)[C@H]1CCC2C3C(O)C[C@@H]4C[C@H](C)CC[C@]4(C)C3CC[C@@]21C. The van der Waals surface area contributed by atoms with Gasteiger partial charge in [0, 0.05) is 6.42 Å². The molecule has 0 heterocycles. The normalized spacial score (nSPS) is 51.7. The first-order valence-electron chi connectivity index (χ1n) is 12.3. The van der Waals surface area contributed by atoms with Gasteiger partial charge in [0.1, 0.15) is 5.78 Å². The Hall–Kier alpha value is -0.370. The first-order chi connectivity index (χ1) is 13.2. The smallest absolute Gasteiger partial charge is 0.129 e. The van der Waals surface area contributed by atoms with Gasteiger partial charge < -0.3 is 9.90 Å². The molecular formula is C26H44O2. The molecule has 4 aliphatic carbocycles. The maximum Gasteiger partial charge on any atom is 0.129 e. The summed E-state index contributed by atoms with van der Waals surface area (Å²) in [4.78, 5) is 11.5. The minimum Gasteiger partial charge on any atom is -0.393 e. The second kappa shape index (κ2) is 7.40. The van der Waals surface area contributed by atoms with Crippen LogP contribution in [-0.4, -0.2) is 17.0 Å². The van der Waals surface area contributed by atoms with E-state index in [0.29, 0.717) is 34.4 Å². The van der Waals surface area contributed by atoms with Crippen molar-refractivity contribution in [2.24, 2.45) is 52.3 Å². The summed E-state index contributed by atoms with van der Waals surface area (Å²) in [5.74, 6) is 5.25. The molecule has 0 aliphatic heterocycles. The van der Waals surface area contributed by atoms with Crippen molar-refractivity contribution in [2.45, 2.75) is 105 Å². The molecule has 2 nitrogen and oxygen atoms in total. The van der Waals surface area contributed by atoms with Gasteiger partial charge in [-0.3, -0.25) is 0 Å². The van der Waals surface area contributed by atoms with Crippen molar-refractivity contribution in [3.8, 4) is 0 Å². The van der Waals surface area contributed by atoms with Crippen molar-refractivity contribution < 1.29 is 9.90 Å². The van der Waals surface area contributed by atoms with E-state index < -0.39 is 0 Å². The first-order valence-corrected chi connectivity index (χ1v) is 12.3. The average molecular weight is 389 g/mol. The summed E-state index contributed by atoms with van der Waals surface area (Å²) in [6.45, 7) is 11.7. The van der Waals surface area contributed by atoms with Gasteiger partial charge in [0.2, 0.25) is 0 Å². The van der Waals surface area contributed by atoms with E-state index in [2.05, 4.69) is 27.7 Å². The quantitative estimate of drug-likeness (QED) is 0.617. The van der Waals surface area contributed by atoms with Crippen LogP contribution in [0.15, 0.2) is 0 Å². The van der Waals surface area contributed by atoms with Crippen molar-refractivity contribution in [1.29, 1.82) is 0 Å². The third-order valence-electron chi connectivity index (χ3n) is 10.7. The number of fused-ring (bicyclic) bond motifs is 5. The van der Waals surface area contributed by atoms with Crippen molar-refractivity contribution in [1.82, 2.24) is 0 Å². The number of ketones is 1. The summed E-state index contributed by atoms with van der Waals surface area (Å²) in [5.41, 5.74) is 0.847. The molecule has 0 amide bonds. The fourth-order valence-corrected chi connectivity index (χ4v) is 9.04. The monoisotopic (exact) mass is 388 g/mol. The van der Waals surface area contributed by atoms with Gasteiger partial charge in [-0.1, -0.05) is 34.1 Å². The number of carbonyl (C=O) groups excluding carboxylic acids is 1. The molecule has 0 aromatic carbocycles. The van der Waals surface area contributed by atoms with Gasteiger partial charge in [0.05, 0.1) is 6.10 Å². The van der Waals surface area contributed by atoms with Gasteiger partial charge in [-0.2, -0.15) is 0 Å². The Balaban J connectivity index is 1.55. The average Bonchev–Trinajstić information content (AvgIpc) is 2.98. The van der Waals surface area contributed by atoms with E-state index in [1.54, 1.807) is 6.92 Å². The van der Waals surface area contributed by atoms with Crippen molar-refractivity contribution in [2.75, 3.05) is 0 Å². The standard InChI is InChI=1S/C26H44O2/c1-16-10-12-25(4)19(14-16)15-23(28)24-21-9-8-20(17(2)6-7-18(3)27)26(21,5)13-11-22(24)25/h16-17,19-24,28H,6-15H2,1-5H3/t16-,17-,19+,20-,21?,22?,23?,24?,25+,26-/m1/s1. The summed E-state index contributed by atoms with van der Waals surface area (Å²) >= 11 is 0. The number of rotatable bonds is 4. The summed E-state index contributed by atoms with van der Waals surface area (Å²) in [5, 5.41) is 11.4. The van der Waals surface area contributed by atoms with E-state index in [4.69, 9.17) is 0 Å². The third-order valence-corrected chi connectivity index (χ3v) is 10.7. The molecule has 0 aromatic heterocycles. The molecule has 1 N–H and O–H groups in total. The minimum absolute atomic E-state index is 0.0794. The lowest BCUT2D eigenvalue weighted by Gasteiger charge is -2.62. The molecule has 0 radical (unpaired) electrons. The largest absolute Gasteiger partial charge is 0.393 e. The molecule has 160 valence electrons. The van der Waals surface area contributed by atoms with Crippen molar-refractivity contribution in [3.63, 3.8) is 0 Å². The van der Waals surface area contributed by atoms with Crippen molar-refractivity contribution >= 4 is 5.78 Å². The topological polar surface area (TPSA) is 37.3 Å². The predicted octanol–water partition coefficient (Wildman–Crippen LogP) is 6.26. The highest BCUT2D eigenvalue weighted by Gasteiger charge is 2.62. The lowest BCUT2D eigenvalue weighted by atomic mass is 9.43. The van der Waals surface area contributed by atoms with Crippen LogP contribution in [0.3, 0.4) is 0 Å².